The van der Waals surface area contributed by atoms with Gasteiger partial charge >= 0.3 is 6.03 Å². The predicted octanol–water partition coefficient (Wildman–Crippen LogP) is 0.681. The van der Waals surface area contributed by atoms with Crippen molar-refractivity contribution < 1.29 is 14.7 Å². The van der Waals surface area contributed by atoms with E-state index in [1.54, 1.807) is 17.1 Å². The Morgan fingerprint density at radius 3 is 3.00 bits per heavy atom. The van der Waals surface area contributed by atoms with E-state index in [-0.39, 0.29) is 12.5 Å². The maximum Gasteiger partial charge on any atom is 0.317 e. The van der Waals surface area contributed by atoms with Gasteiger partial charge in [0.25, 0.3) is 6.47 Å². The first-order valence-electron chi connectivity index (χ1n) is 8.18. The van der Waals surface area contributed by atoms with E-state index in [1.807, 2.05) is 17.3 Å². The number of nitrogens with zero attached hydrogens (tertiary/aromatic N) is 5. The number of amides is 2. The zero-order valence-electron chi connectivity index (χ0n) is 13.9. The van der Waals surface area contributed by atoms with Crippen molar-refractivity contribution in [2.24, 2.45) is 0 Å². The lowest BCUT2D eigenvalue weighted by Crippen LogP contribution is -2.45. The van der Waals surface area contributed by atoms with Gasteiger partial charge in [0.15, 0.2) is 0 Å². The summed E-state index contributed by atoms with van der Waals surface area (Å²) in [5, 5.41) is 17.5. The SMILES string of the molecule is O=C(NCCCn1ccnn1)N1CCCC(c2ncc[nH]2)C1.O=CO. The van der Waals surface area contributed by atoms with Gasteiger partial charge < -0.3 is 20.3 Å². The second kappa shape index (κ2) is 10.1. The van der Waals surface area contributed by atoms with Gasteiger partial charge in [0.2, 0.25) is 0 Å². The molecule has 1 fully saturated rings. The van der Waals surface area contributed by atoms with Crippen LogP contribution in [0.5, 0.6) is 0 Å². The van der Waals surface area contributed by atoms with Crippen molar-refractivity contribution in [3.05, 3.63) is 30.6 Å². The molecule has 2 amide bonds. The van der Waals surface area contributed by atoms with Crippen LogP contribution in [0.3, 0.4) is 0 Å². The van der Waals surface area contributed by atoms with E-state index in [9.17, 15) is 4.79 Å². The van der Waals surface area contributed by atoms with Gasteiger partial charge in [-0.25, -0.2) is 9.78 Å². The summed E-state index contributed by atoms with van der Waals surface area (Å²) in [6.07, 6.45) is 9.99. The third-order valence-electron chi connectivity index (χ3n) is 3.93. The fourth-order valence-electron chi connectivity index (χ4n) is 2.79. The zero-order chi connectivity index (χ0) is 17.9. The Kier molecular flexibility index (Phi) is 7.41. The number of nitrogens with one attached hydrogen (secondary N) is 2. The minimum Gasteiger partial charge on any atom is -0.483 e. The quantitative estimate of drug-likeness (QED) is 0.538. The first kappa shape index (κ1) is 18.4. The average molecular weight is 349 g/mol. The van der Waals surface area contributed by atoms with Crippen LogP contribution in [0.25, 0.3) is 0 Å². The van der Waals surface area contributed by atoms with Crippen molar-refractivity contribution >= 4 is 12.5 Å². The average Bonchev–Trinajstić information content (AvgIpc) is 3.33. The molecule has 3 N–H and O–H groups in total. The van der Waals surface area contributed by atoms with Gasteiger partial charge in [-0.05, 0) is 19.3 Å². The summed E-state index contributed by atoms with van der Waals surface area (Å²) in [6.45, 7) is 2.68. The van der Waals surface area contributed by atoms with Gasteiger partial charge in [-0.15, -0.1) is 5.10 Å². The highest BCUT2D eigenvalue weighted by molar-refractivity contribution is 5.74. The van der Waals surface area contributed by atoms with E-state index >= 15 is 0 Å². The Bertz CT molecular complexity index is 615. The summed E-state index contributed by atoms with van der Waals surface area (Å²) < 4.78 is 1.76. The molecular weight excluding hydrogens is 326 g/mol. The van der Waals surface area contributed by atoms with E-state index < -0.39 is 0 Å². The van der Waals surface area contributed by atoms with Gasteiger partial charge in [-0.2, -0.15) is 0 Å². The molecule has 0 aromatic carbocycles. The molecule has 1 aliphatic heterocycles. The van der Waals surface area contributed by atoms with E-state index in [0.717, 1.165) is 44.7 Å². The molecule has 25 heavy (non-hydrogen) atoms. The number of aryl methyl sites for hydroxylation is 1. The van der Waals surface area contributed by atoms with Crippen LogP contribution in [0.15, 0.2) is 24.8 Å². The third-order valence-corrected chi connectivity index (χ3v) is 3.93. The molecule has 1 unspecified atom stereocenters. The van der Waals surface area contributed by atoms with Crippen LogP contribution < -0.4 is 5.32 Å². The number of likely N-dealkylation sites (tertiary alicyclic amines) is 1. The topological polar surface area (TPSA) is 129 Å². The molecule has 1 aliphatic rings. The molecule has 1 atom stereocenters. The van der Waals surface area contributed by atoms with Crippen molar-refractivity contribution in [2.75, 3.05) is 19.6 Å². The molecule has 0 aliphatic carbocycles. The lowest BCUT2D eigenvalue weighted by Gasteiger charge is -2.31. The van der Waals surface area contributed by atoms with Crippen molar-refractivity contribution in [3.63, 3.8) is 0 Å². The number of carbonyl (C=O) groups is 2. The largest absolute Gasteiger partial charge is 0.483 e. The van der Waals surface area contributed by atoms with Crippen molar-refractivity contribution in [2.45, 2.75) is 31.7 Å². The van der Waals surface area contributed by atoms with E-state index in [2.05, 4.69) is 25.6 Å². The number of piperidine rings is 1. The Morgan fingerprint density at radius 2 is 2.32 bits per heavy atom. The second-order valence-corrected chi connectivity index (χ2v) is 5.62. The standard InChI is InChI=1S/C14H21N7O.CH2O2/c22-14(17-4-2-9-21-10-7-18-19-21)20-8-1-3-12(11-20)13-15-5-6-16-13;2-1-3/h5-7,10,12H,1-4,8-9,11H2,(H,15,16)(H,17,22);1H,(H,2,3). The molecule has 2 aromatic rings. The molecule has 0 bridgehead atoms. The van der Waals surface area contributed by atoms with Crippen molar-refractivity contribution in [3.8, 4) is 0 Å². The maximum absolute atomic E-state index is 12.2. The van der Waals surface area contributed by atoms with Gasteiger partial charge in [-0.1, -0.05) is 5.21 Å². The number of aromatic nitrogens is 5. The van der Waals surface area contributed by atoms with Gasteiger partial charge in [0.05, 0.1) is 6.20 Å². The molecule has 3 rings (SSSR count). The molecule has 136 valence electrons. The summed E-state index contributed by atoms with van der Waals surface area (Å²) >= 11 is 0. The number of H-pyrrole nitrogens is 1. The lowest BCUT2D eigenvalue weighted by atomic mass is 9.98. The highest BCUT2D eigenvalue weighted by Gasteiger charge is 2.25. The Hall–Kier alpha value is -2.91. The highest BCUT2D eigenvalue weighted by atomic mass is 16.3. The minimum atomic E-state index is -0.250. The number of carboxylic acid groups (broad SMARTS) is 1. The third kappa shape index (κ3) is 5.90. The van der Waals surface area contributed by atoms with Gasteiger partial charge in [-0.3, -0.25) is 9.48 Å². The summed E-state index contributed by atoms with van der Waals surface area (Å²) in [4.78, 5) is 29.9. The highest BCUT2D eigenvalue weighted by Crippen LogP contribution is 2.24. The van der Waals surface area contributed by atoms with E-state index in [4.69, 9.17) is 9.90 Å². The number of carbonyl (C=O) groups excluding carboxylic acids is 1. The maximum atomic E-state index is 12.2. The summed E-state index contributed by atoms with van der Waals surface area (Å²) in [7, 11) is 0. The first-order valence-corrected chi connectivity index (χ1v) is 8.18. The van der Waals surface area contributed by atoms with Gasteiger partial charge in [0, 0.05) is 50.7 Å². The molecule has 0 saturated carbocycles. The molecular formula is C15H23N7O3. The number of rotatable bonds is 5. The summed E-state index contributed by atoms with van der Waals surface area (Å²) in [5.74, 6) is 1.29. The molecule has 2 aromatic heterocycles. The minimum absolute atomic E-state index is 0.00912. The molecule has 10 heteroatoms. The monoisotopic (exact) mass is 349 g/mol. The van der Waals surface area contributed by atoms with E-state index in [1.165, 1.54) is 0 Å². The number of hydrogen-bond acceptors (Lipinski definition) is 5. The van der Waals surface area contributed by atoms with Crippen LogP contribution in [0.2, 0.25) is 0 Å². The van der Waals surface area contributed by atoms with Crippen LogP contribution in [-0.2, 0) is 11.3 Å². The van der Waals surface area contributed by atoms with Crippen molar-refractivity contribution in [1.29, 1.82) is 0 Å². The molecule has 0 spiro atoms. The smallest absolute Gasteiger partial charge is 0.317 e. The Morgan fingerprint density at radius 1 is 1.48 bits per heavy atom. The molecule has 0 radical (unpaired) electrons. The number of aromatic amines is 1. The number of urea groups is 1. The molecule has 10 nitrogen and oxygen atoms in total. The Labute approximate surface area is 145 Å². The Balaban J connectivity index is 0.000000701. The van der Waals surface area contributed by atoms with Crippen LogP contribution in [0.1, 0.15) is 31.0 Å². The summed E-state index contributed by atoms with van der Waals surface area (Å²) in [6, 6.07) is 0.00912. The zero-order valence-corrected chi connectivity index (χ0v) is 13.9. The normalized spacial score (nSPS) is 16.6. The summed E-state index contributed by atoms with van der Waals surface area (Å²) in [5.41, 5.74) is 0. The van der Waals surface area contributed by atoms with E-state index in [0.29, 0.717) is 12.5 Å². The second-order valence-electron chi connectivity index (χ2n) is 5.62. The number of hydrogen-bond donors (Lipinski definition) is 3. The van der Waals surface area contributed by atoms with Crippen LogP contribution in [0.4, 0.5) is 4.79 Å². The predicted molar refractivity (Wildman–Crippen MR) is 88.9 cm³/mol. The van der Waals surface area contributed by atoms with Crippen LogP contribution in [0, 0.1) is 0 Å². The molecule has 1 saturated heterocycles. The number of imidazole rings is 1. The van der Waals surface area contributed by atoms with Crippen LogP contribution >= 0.6 is 0 Å². The fraction of sp³-hybridized carbons (Fsp3) is 0.533. The lowest BCUT2D eigenvalue weighted by molar-refractivity contribution is -0.122. The van der Waals surface area contributed by atoms with Crippen LogP contribution in [-0.4, -0.2) is 67.1 Å². The fourth-order valence-corrected chi connectivity index (χ4v) is 2.79. The molecule has 3 heterocycles. The first-order chi connectivity index (χ1) is 12.2. The van der Waals surface area contributed by atoms with Crippen molar-refractivity contribution in [1.82, 2.24) is 35.2 Å². The van der Waals surface area contributed by atoms with Gasteiger partial charge in [0.1, 0.15) is 5.82 Å².